The molecule has 1 aliphatic carbocycles. The molecule has 2 aromatic carbocycles. The second-order valence-electron chi connectivity index (χ2n) is 6.05. The SMILES string of the molecule is CCCC1=Cc2cc(S(C)(=O)=O)ccc2C1=Cc1ccc(F)cc1. The van der Waals surface area contributed by atoms with Crippen molar-refractivity contribution < 1.29 is 12.8 Å². The summed E-state index contributed by atoms with van der Waals surface area (Å²) in [5, 5.41) is 0. The predicted octanol–water partition coefficient (Wildman–Crippen LogP) is 4.97. The van der Waals surface area contributed by atoms with Crippen LogP contribution in [-0.2, 0) is 9.84 Å². The maximum Gasteiger partial charge on any atom is 0.175 e. The highest BCUT2D eigenvalue weighted by molar-refractivity contribution is 7.90. The molecule has 4 heteroatoms. The van der Waals surface area contributed by atoms with E-state index in [1.165, 1.54) is 24.0 Å². The second-order valence-corrected chi connectivity index (χ2v) is 8.07. The molecule has 0 radical (unpaired) electrons. The van der Waals surface area contributed by atoms with Crippen LogP contribution in [0.15, 0.2) is 52.9 Å². The number of rotatable bonds is 4. The smallest absolute Gasteiger partial charge is 0.175 e. The van der Waals surface area contributed by atoms with E-state index >= 15 is 0 Å². The van der Waals surface area contributed by atoms with Crippen molar-refractivity contribution >= 4 is 27.6 Å². The Morgan fingerprint density at radius 2 is 1.79 bits per heavy atom. The molecule has 124 valence electrons. The fourth-order valence-electron chi connectivity index (χ4n) is 2.95. The van der Waals surface area contributed by atoms with Crippen molar-refractivity contribution in [1.82, 2.24) is 0 Å². The van der Waals surface area contributed by atoms with Gasteiger partial charge < -0.3 is 0 Å². The molecular weight excluding hydrogens is 323 g/mol. The van der Waals surface area contributed by atoms with E-state index in [0.717, 1.165) is 35.1 Å². The molecule has 0 atom stereocenters. The first-order valence-corrected chi connectivity index (χ1v) is 9.80. The molecule has 0 amide bonds. The average Bonchev–Trinajstić information content (AvgIpc) is 2.86. The first-order chi connectivity index (χ1) is 11.4. The average molecular weight is 342 g/mol. The molecule has 0 unspecified atom stereocenters. The van der Waals surface area contributed by atoms with Crippen molar-refractivity contribution in [3.8, 4) is 0 Å². The molecule has 0 bridgehead atoms. The van der Waals surface area contributed by atoms with E-state index in [1.54, 1.807) is 24.3 Å². The molecule has 0 heterocycles. The van der Waals surface area contributed by atoms with Crippen molar-refractivity contribution in [3.63, 3.8) is 0 Å². The monoisotopic (exact) mass is 342 g/mol. The topological polar surface area (TPSA) is 34.1 Å². The van der Waals surface area contributed by atoms with E-state index < -0.39 is 9.84 Å². The lowest BCUT2D eigenvalue weighted by atomic mass is 9.97. The first-order valence-electron chi connectivity index (χ1n) is 7.91. The van der Waals surface area contributed by atoms with Crippen molar-refractivity contribution in [1.29, 1.82) is 0 Å². The second kappa shape index (κ2) is 6.36. The van der Waals surface area contributed by atoms with Crippen LogP contribution in [0, 0.1) is 5.82 Å². The lowest BCUT2D eigenvalue weighted by Crippen LogP contribution is -1.97. The molecule has 3 rings (SSSR count). The molecule has 0 fully saturated rings. The Bertz CT molecular complexity index is 936. The minimum absolute atomic E-state index is 0.258. The van der Waals surface area contributed by atoms with E-state index in [0.29, 0.717) is 4.90 Å². The summed E-state index contributed by atoms with van der Waals surface area (Å²) in [7, 11) is -3.23. The number of allylic oxidation sites excluding steroid dienone is 2. The molecule has 2 nitrogen and oxygen atoms in total. The van der Waals surface area contributed by atoms with E-state index in [1.807, 2.05) is 12.1 Å². The Kier molecular flexibility index (Phi) is 4.41. The minimum atomic E-state index is -3.23. The highest BCUT2D eigenvalue weighted by Gasteiger charge is 2.20. The number of benzene rings is 2. The third-order valence-electron chi connectivity index (χ3n) is 4.12. The van der Waals surface area contributed by atoms with Crippen LogP contribution in [0.5, 0.6) is 0 Å². The van der Waals surface area contributed by atoms with Crippen molar-refractivity contribution in [2.45, 2.75) is 24.7 Å². The summed E-state index contributed by atoms with van der Waals surface area (Å²) in [6.45, 7) is 2.11. The highest BCUT2D eigenvalue weighted by atomic mass is 32.2. The minimum Gasteiger partial charge on any atom is -0.224 e. The van der Waals surface area contributed by atoms with Crippen molar-refractivity contribution in [2.75, 3.05) is 6.26 Å². The van der Waals surface area contributed by atoms with Crippen LogP contribution in [0.4, 0.5) is 4.39 Å². The van der Waals surface area contributed by atoms with Crippen LogP contribution < -0.4 is 0 Å². The molecule has 2 aromatic rings. The van der Waals surface area contributed by atoms with Gasteiger partial charge in [0.15, 0.2) is 9.84 Å². The normalized spacial score (nSPS) is 15.5. The maximum atomic E-state index is 13.1. The van der Waals surface area contributed by atoms with Gasteiger partial charge in [-0.25, -0.2) is 12.8 Å². The Morgan fingerprint density at radius 1 is 1.08 bits per heavy atom. The lowest BCUT2D eigenvalue weighted by molar-refractivity contribution is 0.602. The number of halogens is 1. The number of sulfone groups is 1. The molecule has 24 heavy (non-hydrogen) atoms. The van der Waals surface area contributed by atoms with Gasteiger partial charge in [-0.15, -0.1) is 0 Å². The third kappa shape index (κ3) is 3.34. The molecule has 0 saturated heterocycles. The fourth-order valence-corrected chi connectivity index (χ4v) is 3.60. The van der Waals surface area contributed by atoms with E-state index in [-0.39, 0.29) is 5.82 Å². The molecule has 0 saturated carbocycles. The van der Waals surface area contributed by atoms with Gasteiger partial charge in [-0.05, 0) is 64.6 Å². The maximum absolute atomic E-state index is 13.1. The van der Waals surface area contributed by atoms with Crippen LogP contribution in [0.3, 0.4) is 0 Å². The van der Waals surface area contributed by atoms with Gasteiger partial charge in [0.1, 0.15) is 5.82 Å². The van der Waals surface area contributed by atoms with Gasteiger partial charge in [0.2, 0.25) is 0 Å². The van der Waals surface area contributed by atoms with Gasteiger partial charge in [0.25, 0.3) is 0 Å². The largest absolute Gasteiger partial charge is 0.224 e. The number of hydrogen-bond donors (Lipinski definition) is 0. The standard InChI is InChI=1S/C20H19FO2S/c1-3-4-15-12-16-13-18(24(2,22)23)9-10-19(16)20(15)11-14-5-7-17(21)8-6-14/h5-13H,3-4H2,1-2H3. The van der Waals surface area contributed by atoms with Gasteiger partial charge in [-0.2, -0.15) is 0 Å². The molecule has 1 aliphatic rings. The Hall–Kier alpha value is -2.20. The number of fused-ring (bicyclic) bond motifs is 1. The lowest BCUT2D eigenvalue weighted by Gasteiger charge is -2.08. The summed E-state index contributed by atoms with van der Waals surface area (Å²) in [6, 6.07) is 11.6. The predicted molar refractivity (Wildman–Crippen MR) is 96.7 cm³/mol. The van der Waals surface area contributed by atoms with Gasteiger partial charge in [0.05, 0.1) is 4.90 Å². The molecule has 0 N–H and O–H groups in total. The summed E-state index contributed by atoms with van der Waals surface area (Å²) in [4.78, 5) is 0.330. The van der Waals surface area contributed by atoms with Gasteiger partial charge >= 0.3 is 0 Å². The quantitative estimate of drug-likeness (QED) is 0.786. The molecule has 0 aliphatic heterocycles. The molecule has 0 spiro atoms. The summed E-state index contributed by atoms with van der Waals surface area (Å²) in [6.07, 6.45) is 7.22. The van der Waals surface area contributed by atoms with Crippen molar-refractivity contribution in [3.05, 3.63) is 70.5 Å². The van der Waals surface area contributed by atoms with Crippen LogP contribution >= 0.6 is 0 Å². The zero-order valence-electron chi connectivity index (χ0n) is 13.7. The van der Waals surface area contributed by atoms with Crippen molar-refractivity contribution in [2.24, 2.45) is 0 Å². The van der Waals surface area contributed by atoms with Gasteiger partial charge in [-0.1, -0.05) is 37.6 Å². The van der Waals surface area contributed by atoms with Crippen LogP contribution in [0.1, 0.15) is 36.5 Å². The summed E-state index contributed by atoms with van der Waals surface area (Å²) in [5.41, 5.74) is 5.14. The van der Waals surface area contributed by atoms with Crippen LogP contribution in [0.2, 0.25) is 0 Å². The Labute approximate surface area is 142 Å². The Balaban J connectivity index is 2.10. The van der Waals surface area contributed by atoms with Gasteiger partial charge in [0, 0.05) is 6.26 Å². The van der Waals surface area contributed by atoms with Gasteiger partial charge in [-0.3, -0.25) is 0 Å². The molecular formula is C20H19FO2S. The molecule has 0 aromatic heterocycles. The Morgan fingerprint density at radius 3 is 2.42 bits per heavy atom. The van der Waals surface area contributed by atoms with E-state index in [4.69, 9.17) is 0 Å². The van der Waals surface area contributed by atoms with Crippen LogP contribution in [-0.4, -0.2) is 14.7 Å². The zero-order chi connectivity index (χ0) is 17.3. The fraction of sp³-hybridized carbons (Fsp3) is 0.200. The highest BCUT2D eigenvalue weighted by Crippen LogP contribution is 2.39. The van der Waals surface area contributed by atoms with E-state index in [2.05, 4.69) is 13.0 Å². The summed E-state index contributed by atoms with van der Waals surface area (Å²) in [5.74, 6) is -0.258. The van der Waals surface area contributed by atoms with Crippen LogP contribution in [0.25, 0.3) is 17.7 Å². The zero-order valence-corrected chi connectivity index (χ0v) is 14.5. The number of hydrogen-bond acceptors (Lipinski definition) is 2. The third-order valence-corrected chi connectivity index (χ3v) is 5.23. The first kappa shape index (κ1) is 16.7. The summed E-state index contributed by atoms with van der Waals surface area (Å²) < 4.78 is 36.7. The van der Waals surface area contributed by atoms with E-state index in [9.17, 15) is 12.8 Å². The summed E-state index contributed by atoms with van der Waals surface area (Å²) >= 11 is 0.